The van der Waals surface area contributed by atoms with Crippen LogP contribution >= 0.6 is 15.9 Å². The van der Waals surface area contributed by atoms with E-state index in [1.807, 2.05) is 12.1 Å². The first kappa shape index (κ1) is 12.7. The lowest BCUT2D eigenvalue weighted by Crippen LogP contribution is -2.34. The van der Waals surface area contributed by atoms with E-state index in [0.717, 1.165) is 10.9 Å². The van der Waals surface area contributed by atoms with Crippen LogP contribution in [-0.4, -0.2) is 12.6 Å². The van der Waals surface area contributed by atoms with Gasteiger partial charge >= 0.3 is 0 Å². The third-order valence-corrected chi connectivity index (χ3v) is 3.34. The predicted octanol–water partition coefficient (Wildman–Crippen LogP) is 2.84. The molecule has 0 spiro atoms. The van der Waals surface area contributed by atoms with Gasteiger partial charge < -0.3 is 11.1 Å². The second kappa shape index (κ2) is 6.26. The summed E-state index contributed by atoms with van der Waals surface area (Å²) in [6, 6.07) is 8.94. The summed E-state index contributed by atoms with van der Waals surface area (Å²) in [6.45, 7) is 4.97. The van der Waals surface area contributed by atoms with Crippen molar-refractivity contribution < 1.29 is 0 Å². The van der Waals surface area contributed by atoms with Crippen molar-refractivity contribution in [1.82, 2.24) is 5.32 Å². The number of nitrogens with one attached hydrogen (secondary N) is 1. The van der Waals surface area contributed by atoms with Crippen molar-refractivity contribution in [3.63, 3.8) is 0 Å². The van der Waals surface area contributed by atoms with Crippen molar-refractivity contribution in [2.24, 2.45) is 5.73 Å². The summed E-state index contributed by atoms with van der Waals surface area (Å²) >= 11 is 3.55. The molecule has 0 radical (unpaired) electrons. The summed E-state index contributed by atoms with van der Waals surface area (Å²) in [5, 5.41) is 3.52. The van der Waals surface area contributed by atoms with Crippen LogP contribution in [0.2, 0.25) is 0 Å². The molecular weight excluding hydrogens is 252 g/mol. The molecule has 0 aliphatic carbocycles. The molecule has 2 unspecified atom stereocenters. The molecule has 1 aromatic rings. The first-order valence-electron chi connectivity index (χ1n) is 5.39. The molecule has 0 aromatic heterocycles. The molecule has 1 rings (SSSR count). The average Bonchev–Trinajstić information content (AvgIpc) is 2.26. The lowest BCUT2D eigenvalue weighted by atomic mass is 10.1. The molecule has 2 nitrogen and oxygen atoms in total. The van der Waals surface area contributed by atoms with E-state index in [-0.39, 0.29) is 6.04 Å². The van der Waals surface area contributed by atoms with Crippen LogP contribution in [0, 0.1) is 0 Å². The molecule has 15 heavy (non-hydrogen) atoms. The van der Waals surface area contributed by atoms with Gasteiger partial charge in [0.1, 0.15) is 0 Å². The summed E-state index contributed by atoms with van der Waals surface area (Å²) < 4.78 is 1.12. The molecule has 0 heterocycles. The van der Waals surface area contributed by atoms with Crippen LogP contribution < -0.4 is 11.1 Å². The van der Waals surface area contributed by atoms with Crippen molar-refractivity contribution in [2.75, 3.05) is 6.54 Å². The van der Waals surface area contributed by atoms with E-state index in [0.29, 0.717) is 12.6 Å². The van der Waals surface area contributed by atoms with Gasteiger partial charge in [0.15, 0.2) is 0 Å². The van der Waals surface area contributed by atoms with Gasteiger partial charge in [-0.2, -0.15) is 0 Å². The lowest BCUT2D eigenvalue weighted by Gasteiger charge is -2.22. The average molecular weight is 271 g/mol. The third kappa shape index (κ3) is 3.59. The fourth-order valence-electron chi connectivity index (χ4n) is 1.50. The molecule has 2 atom stereocenters. The highest BCUT2D eigenvalue weighted by atomic mass is 79.9. The Bertz CT molecular complexity index is 301. The molecule has 1 aromatic carbocycles. The molecule has 0 aliphatic heterocycles. The van der Waals surface area contributed by atoms with E-state index in [1.165, 1.54) is 5.56 Å². The van der Waals surface area contributed by atoms with Crippen LogP contribution in [0.5, 0.6) is 0 Å². The summed E-state index contributed by atoms with van der Waals surface area (Å²) in [5.74, 6) is 0. The van der Waals surface area contributed by atoms with E-state index in [1.54, 1.807) is 0 Å². The summed E-state index contributed by atoms with van der Waals surface area (Å²) in [5.41, 5.74) is 7.03. The minimum Gasteiger partial charge on any atom is -0.329 e. The monoisotopic (exact) mass is 270 g/mol. The smallest absolute Gasteiger partial charge is 0.0457 e. The first-order valence-corrected chi connectivity index (χ1v) is 6.18. The van der Waals surface area contributed by atoms with Crippen LogP contribution in [0.25, 0.3) is 0 Å². The zero-order valence-corrected chi connectivity index (χ0v) is 10.9. The second-order valence-corrected chi connectivity index (χ2v) is 4.64. The molecule has 0 amide bonds. The standard InChI is InChI=1S/C12H19BrN2/c1-3-9(2)15-12(8-14)10-6-4-5-7-11(10)13/h4-7,9,12,15H,3,8,14H2,1-2H3. The van der Waals surface area contributed by atoms with E-state index >= 15 is 0 Å². The lowest BCUT2D eigenvalue weighted by molar-refractivity contribution is 0.451. The zero-order valence-electron chi connectivity index (χ0n) is 9.33. The highest BCUT2D eigenvalue weighted by Gasteiger charge is 2.13. The summed E-state index contributed by atoms with van der Waals surface area (Å²) in [4.78, 5) is 0. The largest absolute Gasteiger partial charge is 0.329 e. The number of hydrogen-bond acceptors (Lipinski definition) is 2. The minimum absolute atomic E-state index is 0.232. The fraction of sp³-hybridized carbons (Fsp3) is 0.500. The van der Waals surface area contributed by atoms with E-state index in [2.05, 4.69) is 47.2 Å². The molecule has 3 N–H and O–H groups in total. The van der Waals surface area contributed by atoms with Crippen molar-refractivity contribution in [1.29, 1.82) is 0 Å². The van der Waals surface area contributed by atoms with Gasteiger partial charge in [0, 0.05) is 23.1 Å². The van der Waals surface area contributed by atoms with Gasteiger partial charge in [0.05, 0.1) is 0 Å². The SMILES string of the molecule is CCC(C)NC(CN)c1ccccc1Br. The highest BCUT2D eigenvalue weighted by Crippen LogP contribution is 2.22. The second-order valence-electron chi connectivity index (χ2n) is 3.79. The van der Waals surface area contributed by atoms with Crippen LogP contribution in [0.1, 0.15) is 31.9 Å². The van der Waals surface area contributed by atoms with Crippen LogP contribution in [-0.2, 0) is 0 Å². The van der Waals surface area contributed by atoms with Gasteiger partial charge in [-0.25, -0.2) is 0 Å². The Balaban J connectivity index is 2.78. The number of halogens is 1. The first-order chi connectivity index (χ1) is 7.19. The van der Waals surface area contributed by atoms with Crippen LogP contribution in [0.15, 0.2) is 28.7 Å². The third-order valence-electron chi connectivity index (χ3n) is 2.61. The van der Waals surface area contributed by atoms with Gasteiger partial charge in [0.25, 0.3) is 0 Å². The Morgan fingerprint density at radius 3 is 2.60 bits per heavy atom. The maximum Gasteiger partial charge on any atom is 0.0457 e. The Morgan fingerprint density at radius 1 is 1.40 bits per heavy atom. The molecule has 0 saturated carbocycles. The number of hydrogen-bond donors (Lipinski definition) is 2. The quantitative estimate of drug-likeness (QED) is 0.864. The van der Waals surface area contributed by atoms with Gasteiger partial charge in [-0.1, -0.05) is 41.1 Å². The normalized spacial score (nSPS) is 14.9. The molecule has 0 bridgehead atoms. The molecule has 0 aliphatic rings. The fourth-order valence-corrected chi connectivity index (χ4v) is 2.06. The van der Waals surface area contributed by atoms with E-state index in [9.17, 15) is 0 Å². The maximum absolute atomic E-state index is 5.79. The van der Waals surface area contributed by atoms with Crippen LogP contribution in [0.3, 0.4) is 0 Å². The van der Waals surface area contributed by atoms with E-state index in [4.69, 9.17) is 5.73 Å². The van der Waals surface area contributed by atoms with Crippen molar-refractivity contribution >= 4 is 15.9 Å². The van der Waals surface area contributed by atoms with Crippen molar-refractivity contribution in [3.8, 4) is 0 Å². The van der Waals surface area contributed by atoms with Gasteiger partial charge in [0.2, 0.25) is 0 Å². The highest BCUT2D eigenvalue weighted by molar-refractivity contribution is 9.10. The Kier molecular flexibility index (Phi) is 5.29. The Labute approximate surface area is 100 Å². The van der Waals surface area contributed by atoms with Gasteiger partial charge in [-0.05, 0) is 25.0 Å². The molecular formula is C12H19BrN2. The summed E-state index contributed by atoms with van der Waals surface area (Å²) in [6.07, 6.45) is 1.11. The molecule has 84 valence electrons. The van der Waals surface area contributed by atoms with Crippen LogP contribution in [0.4, 0.5) is 0 Å². The number of nitrogens with two attached hydrogens (primary N) is 1. The van der Waals surface area contributed by atoms with Gasteiger partial charge in [-0.15, -0.1) is 0 Å². The molecule has 0 fully saturated rings. The van der Waals surface area contributed by atoms with Crippen molar-refractivity contribution in [2.45, 2.75) is 32.4 Å². The minimum atomic E-state index is 0.232. The molecule has 3 heteroatoms. The van der Waals surface area contributed by atoms with Gasteiger partial charge in [-0.3, -0.25) is 0 Å². The topological polar surface area (TPSA) is 38.0 Å². The Hall–Kier alpha value is -0.380. The summed E-state index contributed by atoms with van der Waals surface area (Å²) in [7, 11) is 0. The zero-order chi connectivity index (χ0) is 11.3. The van der Waals surface area contributed by atoms with Crippen molar-refractivity contribution in [3.05, 3.63) is 34.3 Å². The number of rotatable bonds is 5. The maximum atomic E-state index is 5.79. The Morgan fingerprint density at radius 2 is 2.07 bits per heavy atom. The van der Waals surface area contributed by atoms with E-state index < -0.39 is 0 Å². The number of benzene rings is 1. The predicted molar refractivity (Wildman–Crippen MR) is 68.8 cm³/mol. The molecule has 0 saturated heterocycles.